The molecule has 6 heteroatoms. The summed E-state index contributed by atoms with van der Waals surface area (Å²) in [5.41, 5.74) is 1.06. The lowest BCUT2D eigenvalue weighted by Crippen LogP contribution is -2.29. The van der Waals surface area contributed by atoms with Gasteiger partial charge in [-0.3, -0.25) is 9.71 Å². The molecule has 0 aromatic carbocycles. The highest BCUT2D eigenvalue weighted by Crippen LogP contribution is 2.39. The molecule has 3 nitrogen and oxygen atoms in total. The van der Waals surface area contributed by atoms with Crippen molar-refractivity contribution in [1.29, 1.82) is 0 Å². The van der Waals surface area contributed by atoms with Crippen LogP contribution in [0.5, 0.6) is 0 Å². The fourth-order valence-electron chi connectivity index (χ4n) is 1.20. The van der Waals surface area contributed by atoms with Crippen LogP contribution in [0.2, 0.25) is 4.34 Å². The molecule has 0 radical (unpaired) electrons. The third-order valence-corrected chi connectivity index (χ3v) is 4.68. The second-order valence-corrected chi connectivity index (χ2v) is 6.54. The Morgan fingerprint density at radius 1 is 1.56 bits per heavy atom. The molecule has 0 spiro atoms. The Labute approximate surface area is 109 Å². The molecular weight excluding hydrogens is 262 g/mol. The van der Waals surface area contributed by atoms with Crippen molar-refractivity contribution in [2.45, 2.75) is 24.5 Å². The summed E-state index contributed by atoms with van der Waals surface area (Å²) >= 11 is 9.08. The number of guanidine groups is 1. The Hall–Kier alpha value is -0.390. The van der Waals surface area contributed by atoms with E-state index >= 15 is 0 Å². The highest BCUT2D eigenvalue weighted by molar-refractivity contribution is 8.00. The van der Waals surface area contributed by atoms with E-state index in [0.717, 1.165) is 33.2 Å². The molecule has 0 fully saturated rings. The van der Waals surface area contributed by atoms with Crippen LogP contribution in [0.3, 0.4) is 0 Å². The summed E-state index contributed by atoms with van der Waals surface area (Å²) in [6.07, 6.45) is 1.15. The van der Waals surface area contributed by atoms with Gasteiger partial charge in [0.05, 0.1) is 10.0 Å². The summed E-state index contributed by atoms with van der Waals surface area (Å²) in [7, 11) is 0. The van der Waals surface area contributed by atoms with Crippen LogP contribution in [0.25, 0.3) is 0 Å². The number of hydrogen-bond acceptors (Lipinski definition) is 3. The van der Waals surface area contributed by atoms with E-state index in [2.05, 4.69) is 28.9 Å². The number of hydrogen-bond donors (Lipinski definition) is 2. The molecule has 2 N–H and O–H groups in total. The minimum absolute atomic E-state index is 0.619. The highest BCUT2D eigenvalue weighted by atomic mass is 35.5. The third-order valence-electron chi connectivity index (χ3n) is 2.42. The standard InChI is InChI=1S/C10H14ClN3S2/c1-3-6(2)5-12-10-13-7-4-8(11)15-9(7)16-14-10/h4,6H,3,5H2,1-2H3,(H2,12,13,14). The Morgan fingerprint density at radius 2 is 2.38 bits per heavy atom. The average molecular weight is 276 g/mol. The number of fused-ring (bicyclic) bond motifs is 1. The van der Waals surface area contributed by atoms with Crippen molar-refractivity contribution in [3.63, 3.8) is 0 Å². The van der Waals surface area contributed by atoms with Crippen molar-refractivity contribution in [2.24, 2.45) is 10.9 Å². The molecular formula is C10H14ClN3S2. The van der Waals surface area contributed by atoms with E-state index in [1.165, 1.54) is 0 Å². The molecule has 1 aliphatic rings. The van der Waals surface area contributed by atoms with Gasteiger partial charge in [-0.15, -0.1) is 11.3 Å². The second kappa shape index (κ2) is 5.29. The summed E-state index contributed by atoms with van der Waals surface area (Å²) in [6, 6.07) is 1.94. The van der Waals surface area contributed by atoms with Gasteiger partial charge in [0.1, 0.15) is 4.21 Å². The normalized spacial score (nSPS) is 18.8. The number of aliphatic imine (C=N–C) groups is 1. The van der Waals surface area contributed by atoms with Gasteiger partial charge in [0.25, 0.3) is 0 Å². The molecule has 2 rings (SSSR count). The number of nitrogens with zero attached hydrogens (tertiary/aromatic N) is 1. The molecule has 2 heterocycles. The molecule has 16 heavy (non-hydrogen) atoms. The molecule has 1 aromatic rings. The first-order valence-corrected chi connectivity index (χ1v) is 7.23. The lowest BCUT2D eigenvalue weighted by molar-refractivity contribution is 0.576. The van der Waals surface area contributed by atoms with Crippen molar-refractivity contribution in [2.75, 3.05) is 11.9 Å². The first-order valence-electron chi connectivity index (χ1n) is 5.22. The van der Waals surface area contributed by atoms with Gasteiger partial charge in [-0.25, -0.2) is 0 Å². The van der Waals surface area contributed by atoms with Crippen LogP contribution in [0.15, 0.2) is 15.3 Å². The number of anilines is 1. The van der Waals surface area contributed by atoms with Crippen LogP contribution in [0.1, 0.15) is 20.3 Å². The van der Waals surface area contributed by atoms with E-state index < -0.39 is 0 Å². The molecule has 0 bridgehead atoms. The SMILES string of the molecule is CCC(C)CN=C1NSc2sc(Cl)cc2N1. The maximum atomic E-state index is 5.95. The second-order valence-electron chi connectivity index (χ2n) is 3.78. The molecule has 0 aliphatic carbocycles. The largest absolute Gasteiger partial charge is 0.324 e. The zero-order chi connectivity index (χ0) is 11.5. The molecule has 1 aromatic heterocycles. The van der Waals surface area contributed by atoms with E-state index in [1.807, 2.05) is 6.07 Å². The van der Waals surface area contributed by atoms with Gasteiger partial charge in [0.2, 0.25) is 5.96 Å². The number of halogens is 1. The lowest BCUT2D eigenvalue weighted by Gasteiger charge is -2.17. The lowest BCUT2D eigenvalue weighted by atomic mass is 10.1. The summed E-state index contributed by atoms with van der Waals surface area (Å²) in [5, 5.41) is 3.24. The van der Waals surface area contributed by atoms with E-state index in [1.54, 1.807) is 23.3 Å². The first-order chi connectivity index (χ1) is 7.69. The van der Waals surface area contributed by atoms with Crippen molar-refractivity contribution < 1.29 is 0 Å². The van der Waals surface area contributed by atoms with Gasteiger partial charge in [0, 0.05) is 18.5 Å². The van der Waals surface area contributed by atoms with Gasteiger partial charge in [-0.05, 0) is 12.0 Å². The van der Waals surface area contributed by atoms with Gasteiger partial charge in [-0.2, -0.15) is 0 Å². The zero-order valence-corrected chi connectivity index (χ0v) is 11.6. The van der Waals surface area contributed by atoms with Crippen molar-refractivity contribution in [3.05, 3.63) is 10.4 Å². The van der Waals surface area contributed by atoms with Gasteiger partial charge in [0.15, 0.2) is 0 Å². The monoisotopic (exact) mass is 275 g/mol. The summed E-state index contributed by atoms with van der Waals surface area (Å²) < 4.78 is 5.14. The maximum Gasteiger partial charge on any atom is 0.206 e. The predicted octanol–water partition coefficient (Wildman–Crippen LogP) is 3.83. The Balaban J connectivity index is 2.02. The van der Waals surface area contributed by atoms with Gasteiger partial charge >= 0.3 is 0 Å². The highest BCUT2D eigenvalue weighted by Gasteiger charge is 2.16. The number of thiophene rings is 1. The molecule has 0 saturated heterocycles. The zero-order valence-electron chi connectivity index (χ0n) is 9.21. The van der Waals surface area contributed by atoms with Gasteiger partial charge in [-0.1, -0.05) is 31.9 Å². The predicted molar refractivity (Wildman–Crippen MR) is 73.7 cm³/mol. The Morgan fingerprint density at radius 3 is 3.12 bits per heavy atom. The van der Waals surface area contributed by atoms with E-state index in [4.69, 9.17) is 11.6 Å². The van der Waals surface area contributed by atoms with E-state index in [0.29, 0.717) is 5.92 Å². The van der Waals surface area contributed by atoms with Crippen molar-refractivity contribution in [3.8, 4) is 0 Å². The molecule has 1 atom stereocenters. The molecule has 0 saturated carbocycles. The fraction of sp³-hybridized carbons (Fsp3) is 0.500. The summed E-state index contributed by atoms with van der Waals surface area (Å²) in [5.74, 6) is 1.45. The summed E-state index contributed by atoms with van der Waals surface area (Å²) in [4.78, 5) is 4.50. The minimum Gasteiger partial charge on any atom is -0.324 e. The van der Waals surface area contributed by atoms with Crippen LogP contribution in [-0.2, 0) is 0 Å². The Kier molecular flexibility index (Phi) is 4.00. The minimum atomic E-state index is 0.619. The van der Waals surface area contributed by atoms with Crippen LogP contribution in [0, 0.1) is 5.92 Å². The average Bonchev–Trinajstić information content (AvgIpc) is 2.65. The Bertz CT molecular complexity index is 403. The summed E-state index contributed by atoms with van der Waals surface area (Å²) in [6.45, 7) is 5.23. The smallest absolute Gasteiger partial charge is 0.206 e. The maximum absolute atomic E-state index is 5.95. The number of rotatable bonds is 3. The van der Waals surface area contributed by atoms with Crippen molar-refractivity contribution in [1.82, 2.24) is 4.72 Å². The fourth-order valence-corrected chi connectivity index (χ4v) is 3.34. The van der Waals surface area contributed by atoms with Crippen LogP contribution >= 0.6 is 34.9 Å². The quantitative estimate of drug-likeness (QED) is 0.823. The first kappa shape index (κ1) is 12.1. The topological polar surface area (TPSA) is 36.4 Å². The molecule has 88 valence electrons. The molecule has 1 unspecified atom stereocenters. The number of nitrogens with one attached hydrogen (secondary N) is 2. The van der Waals surface area contributed by atoms with Crippen LogP contribution < -0.4 is 10.0 Å². The van der Waals surface area contributed by atoms with E-state index in [9.17, 15) is 0 Å². The molecule has 1 aliphatic heterocycles. The van der Waals surface area contributed by atoms with Crippen molar-refractivity contribution >= 4 is 46.5 Å². The van der Waals surface area contributed by atoms with Gasteiger partial charge < -0.3 is 5.32 Å². The third kappa shape index (κ3) is 2.84. The van der Waals surface area contributed by atoms with Crippen LogP contribution in [-0.4, -0.2) is 12.5 Å². The molecule has 0 amide bonds. The van der Waals surface area contributed by atoms with E-state index in [-0.39, 0.29) is 0 Å². The van der Waals surface area contributed by atoms with Crippen LogP contribution in [0.4, 0.5) is 5.69 Å².